The van der Waals surface area contributed by atoms with Gasteiger partial charge in [0.25, 0.3) is 0 Å². The van der Waals surface area contributed by atoms with E-state index >= 15 is 0 Å². The number of rotatable bonds is 6. The number of hydrogen-bond acceptors (Lipinski definition) is 3. The highest BCUT2D eigenvalue weighted by molar-refractivity contribution is 5.81. The maximum Gasteiger partial charge on any atom is 0.239 e. The van der Waals surface area contributed by atoms with Crippen LogP contribution in [-0.2, 0) is 4.79 Å². The number of amides is 1. The number of nitrogens with zero attached hydrogens (tertiary/aromatic N) is 3. The first-order valence-corrected chi connectivity index (χ1v) is 5.87. The molecule has 0 aromatic carbocycles. The third kappa shape index (κ3) is 3.82. The van der Waals surface area contributed by atoms with Gasteiger partial charge in [0.1, 0.15) is 0 Å². The zero-order valence-electron chi connectivity index (χ0n) is 11.0. The van der Waals surface area contributed by atoms with Crippen LogP contribution in [0, 0.1) is 11.3 Å². The summed E-state index contributed by atoms with van der Waals surface area (Å²) in [6, 6.07) is 2.08. The number of carbonyl (C=O) groups is 1. The second kappa shape index (κ2) is 7.24. The Morgan fingerprint density at radius 3 is 2.19 bits per heavy atom. The van der Waals surface area contributed by atoms with Gasteiger partial charge in [-0.3, -0.25) is 9.69 Å². The van der Waals surface area contributed by atoms with Crippen molar-refractivity contribution in [1.82, 2.24) is 9.80 Å². The molecule has 0 spiro atoms. The summed E-state index contributed by atoms with van der Waals surface area (Å²) in [6.45, 7) is 9.30. The van der Waals surface area contributed by atoms with Crippen molar-refractivity contribution in [3.8, 4) is 6.07 Å². The van der Waals surface area contributed by atoms with E-state index in [1.807, 2.05) is 44.5 Å². The third-order valence-corrected chi connectivity index (χ3v) is 3.13. The molecule has 0 radical (unpaired) electrons. The fourth-order valence-electron chi connectivity index (χ4n) is 1.63. The zero-order chi connectivity index (χ0) is 12.7. The quantitative estimate of drug-likeness (QED) is 0.688. The second-order valence-corrected chi connectivity index (χ2v) is 4.06. The molecule has 0 aromatic heterocycles. The maximum absolute atomic E-state index is 12.1. The van der Waals surface area contributed by atoms with Crippen LogP contribution in [0.4, 0.5) is 0 Å². The van der Waals surface area contributed by atoms with Crippen LogP contribution in [0.1, 0.15) is 34.1 Å². The normalized spacial score (nSPS) is 14.3. The predicted molar refractivity (Wildman–Crippen MR) is 64.8 cm³/mol. The number of hydrogen-bond donors (Lipinski definition) is 0. The van der Waals surface area contributed by atoms with Gasteiger partial charge in [-0.2, -0.15) is 5.26 Å². The molecule has 92 valence electrons. The summed E-state index contributed by atoms with van der Waals surface area (Å²) in [7, 11) is 1.90. The van der Waals surface area contributed by atoms with E-state index in [0.717, 1.165) is 13.1 Å². The molecule has 0 heterocycles. The van der Waals surface area contributed by atoms with Crippen molar-refractivity contribution in [2.24, 2.45) is 0 Å². The fourth-order valence-corrected chi connectivity index (χ4v) is 1.63. The van der Waals surface area contributed by atoms with Gasteiger partial charge in [-0.15, -0.1) is 0 Å². The van der Waals surface area contributed by atoms with Crippen molar-refractivity contribution in [3.05, 3.63) is 0 Å². The lowest BCUT2D eigenvalue weighted by Crippen LogP contribution is -2.48. The van der Waals surface area contributed by atoms with E-state index in [1.165, 1.54) is 0 Å². The Hall–Kier alpha value is -1.08. The number of carbonyl (C=O) groups excluding carboxylic acids is 1. The minimum atomic E-state index is -0.164. The van der Waals surface area contributed by atoms with Crippen molar-refractivity contribution >= 4 is 5.91 Å². The van der Waals surface area contributed by atoms with Gasteiger partial charge in [0.15, 0.2) is 0 Å². The Morgan fingerprint density at radius 2 is 1.81 bits per heavy atom. The number of nitriles is 1. The summed E-state index contributed by atoms with van der Waals surface area (Å²) in [5.74, 6) is 0.136. The number of likely N-dealkylation sites (N-methyl/N-ethyl adjacent to an activating group) is 2. The van der Waals surface area contributed by atoms with Gasteiger partial charge in [0.2, 0.25) is 5.91 Å². The average Bonchev–Trinajstić information content (AvgIpc) is 2.28. The van der Waals surface area contributed by atoms with Gasteiger partial charge in [0, 0.05) is 19.1 Å². The Morgan fingerprint density at radius 1 is 1.31 bits per heavy atom. The zero-order valence-corrected chi connectivity index (χ0v) is 11.0. The predicted octanol–water partition coefficient (Wildman–Crippen LogP) is 1.48. The van der Waals surface area contributed by atoms with E-state index in [9.17, 15) is 4.79 Å². The second-order valence-electron chi connectivity index (χ2n) is 4.06. The van der Waals surface area contributed by atoms with Crippen molar-refractivity contribution in [2.45, 2.75) is 46.2 Å². The molecule has 0 saturated heterocycles. The first-order chi connectivity index (χ1) is 7.49. The highest BCUT2D eigenvalue weighted by Crippen LogP contribution is 2.08. The largest absolute Gasteiger partial charge is 0.342 e. The molecule has 0 N–H and O–H groups in total. The van der Waals surface area contributed by atoms with E-state index in [0.29, 0.717) is 6.42 Å². The molecule has 0 bridgehead atoms. The van der Waals surface area contributed by atoms with Gasteiger partial charge in [-0.25, -0.2) is 0 Å². The van der Waals surface area contributed by atoms with Gasteiger partial charge in [-0.05, 0) is 34.7 Å². The lowest BCUT2D eigenvalue weighted by Gasteiger charge is -2.32. The van der Waals surface area contributed by atoms with Crippen LogP contribution in [0.15, 0.2) is 0 Å². The SMILES string of the molecule is CCN(CC)C(=O)C(C)N(C)C(C)CC#N. The van der Waals surface area contributed by atoms with Crippen LogP contribution in [0.5, 0.6) is 0 Å². The summed E-state index contributed by atoms with van der Waals surface area (Å²) < 4.78 is 0. The molecule has 0 rings (SSSR count). The molecule has 0 aliphatic rings. The minimum absolute atomic E-state index is 0.111. The van der Waals surface area contributed by atoms with Gasteiger partial charge < -0.3 is 4.90 Å². The van der Waals surface area contributed by atoms with Gasteiger partial charge in [0.05, 0.1) is 18.5 Å². The van der Waals surface area contributed by atoms with E-state index < -0.39 is 0 Å². The van der Waals surface area contributed by atoms with Crippen LogP contribution in [0.25, 0.3) is 0 Å². The molecule has 4 nitrogen and oxygen atoms in total. The Balaban J connectivity index is 4.48. The summed E-state index contributed by atoms with van der Waals surface area (Å²) in [4.78, 5) is 15.8. The van der Waals surface area contributed by atoms with Crippen LogP contribution in [0.3, 0.4) is 0 Å². The standard InChI is InChI=1S/C12H23N3O/c1-6-15(7-2)12(16)11(4)14(5)10(3)8-9-13/h10-11H,6-8H2,1-5H3. The summed E-state index contributed by atoms with van der Waals surface area (Å²) in [5, 5.41) is 8.64. The Bertz CT molecular complexity index is 255. The van der Waals surface area contributed by atoms with E-state index in [-0.39, 0.29) is 18.0 Å². The van der Waals surface area contributed by atoms with E-state index in [4.69, 9.17) is 5.26 Å². The molecule has 0 aliphatic heterocycles. The van der Waals surface area contributed by atoms with Crippen molar-refractivity contribution < 1.29 is 4.79 Å². The van der Waals surface area contributed by atoms with Crippen molar-refractivity contribution in [3.63, 3.8) is 0 Å². The van der Waals surface area contributed by atoms with E-state index in [1.54, 1.807) is 0 Å². The molecule has 0 aliphatic carbocycles. The lowest BCUT2D eigenvalue weighted by molar-refractivity contribution is -0.136. The van der Waals surface area contributed by atoms with Crippen LogP contribution in [0.2, 0.25) is 0 Å². The molecule has 2 atom stereocenters. The molecule has 0 aromatic rings. The first kappa shape index (κ1) is 14.9. The van der Waals surface area contributed by atoms with Crippen LogP contribution >= 0.6 is 0 Å². The molecule has 16 heavy (non-hydrogen) atoms. The Kier molecular flexibility index (Phi) is 6.75. The highest BCUT2D eigenvalue weighted by atomic mass is 16.2. The molecule has 1 amide bonds. The average molecular weight is 225 g/mol. The van der Waals surface area contributed by atoms with Gasteiger partial charge >= 0.3 is 0 Å². The maximum atomic E-state index is 12.1. The van der Waals surface area contributed by atoms with Gasteiger partial charge in [-0.1, -0.05) is 0 Å². The van der Waals surface area contributed by atoms with Crippen LogP contribution in [-0.4, -0.2) is 47.9 Å². The Labute approximate surface area is 98.8 Å². The van der Waals surface area contributed by atoms with Crippen molar-refractivity contribution in [1.29, 1.82) is 5.26 Å². The highest BCUT2D eigenvalue weighted by Gasteiger charge is 2.24. The summed E-state index contributed by atoms with van der Waals surface area (Å²) in [5.41, 5.74) is 0. The fraction of sp³-hybridized carbons (Fsp3) is 0.833. The van der Waals surface area contributed by atoms with Crippen molar-refractivity contribution in [2.75, 3.05) is 20.1 Å². The molecule has 0 fully saturated rings. The molecule has 2 unspecified atom stereocenters. The molecule has 4 heteroatoms. The summed E-state index contributed by atoms with van der Waals surface area (Å²) >= 11 is 0. The van der Waals surface area contributed by atoms with Crippen LogP contribution < -0.4 is 0 Å². The lowest BCUT2D eigenvalue weighted by atomic mass is 10.1. The molecule has 0 saturated carbocycles. The topological polar surface area (TPSA) is 47.3 Å². The smallest absolute Gasteiger partial charge is 0.239 e. The summed E-state index contributed by atoms with van der Waals surface area (Å²) in [6.07, 6.45) is 0.451. The first-order valence-electron chi connectivity index (χ1n) is 5.87. The monoisotopic (exact) mass is 225 g/mol. The molecular formula is C12H23N3O. The molecular weight excluding hydrogens is 202 g/mol. The minimum Gasteiger partial charge on any atom is -0.342 e. The third-order valence-electron chi connectivity index (χ3n) is 3.13. The van der Waals surface area contributed by atoms with E-state index in [2.05, 4.69) is 6.07 Å².